The summed E-state index contributed by atoms with van der Waals surface area (Å²) >= 11 is 1.53. The molecule has 0 fully saturated rings. The van der Waals surface area contributed by atoms with Crippen LogP contribution in [-0.2, 0) is 16.8 Å². The first kappa shape index (κ1) is 13.5. The number of nitrogens with zero attached hydrogens (tertiary/aromatic N) is 1. The first-order valence-electron chi connectivity index (χ1n) is 6.03. The zero-order valence-electron chi connectivity index (χ0n) is 11.0. The van der Waals surface area contributed by atoms with Crippen LogP contribution in [0.4, 0.5) is 5.69 Å². The molecule has 100 valence electrons. The zero-order chi connectivity index (χ0) is 13.9. The number of hydrogen-bond acceptors (Lipinski definition) is 4. The zero-order valence-corrected chi connectivity index (χ0v) is 11.8. The molecule has 19 heavy (non-hydrogen) atoms. The van der Waals surface area contributed by atoms with Gasteiger partial charge in [-0.25, -0.2) is 4.98 Å². The number of amides is 1. The maximum atomic E-state index is 12.3. The van der Waals surface area contributed by atoms with Crippen molar-refractivity contribution in [2.24, 2.45) is 0 Å². The molecule has 0 spiro atoms. The molecule has 0 aliphatic heterocycles. The second-order valence-electron chi connectivity index (χ2n) is 4.86. The van der Waals surface area contributed by atoms with Crippen molar-refractivity contribution < 1.29 is 4.79 Å². The minimum Gasteiger partial charge on any atom is -0.399 e. The minimum absolute atomic E-state index is 0.0209. The molecule has 1 aromatic heterocycles. The Balaban J connectivity index is 2.06. The van der Waals surface area contributed by atoms with Crippen LogP contribution in [0.2, 0.25) is 0 Å². The average Bonchev–Trinajstić information content (AvgIpc) is 2.89. The third-order valence-electron chi connectivity index (χ3n) is 3.08. The van der Waals surface area contributed by atoms with Crippen LogP contribution in [0.1, 0.15) is 24.4 Å². The number of nitrogen functional groups attached to an aromatic ring is 1. The molecule has 0 unspecified atom stereocenters. The van der Waals surface area contributed by atoms with E-state index in [0.717, 1.165) is 10.6 Å². The number of hydrogen-bond donors (Lipinski definition) is 2. The van der Waals surface area contributed by atoms with Gasteiger partial charge in [-0.1, -0.05) is 12.1 Å². The van der Waals surface area contributed by atoms with Gasteiger partial charge in [-0.2, -0.15) is 0 Å². The quantitative estimate of drug-likeness (QED) is 0.841. The van der Waals surface area contributed by atoms with Crippen LogP contribution in [0, 0.1) is 0 Å². The van der Waals surface area contributed by atoms with E-state index in [1.165, 1.54) is 11.3 Å². The normalized spacial score (nSPS) is 11.3. The first-order chi connectivity index (χ1) is 9.00. The molecular weight excluding hydrogens is 258 g/mol. The summed E-state index contributed by atoms with van der Waals surface area (Å²) in [5.41, 5.74) is 6.71. The number of thiazole rings is 1. The monoisotopic (exact) mass is 275 g/mol. The van der Waals surface area contributed by atoms with E-state index in [4.69, 9.17) is 5.73 Å². The molecule has 0 atom stereocenters. The highest BCUT2D eigenvalue weighted by atomic mass is 32.1. The lowest BCUT2D eigenvalue weighted by Gasteiger charge is -2.24. The Labute approximate surface area is 116 Å². The SMILES string of the molecule is CC(C)(C(=O)NCc1nccs1)c1ccc(N)cc1. The highest BCUT2D eigenvalue weighted by Gasteiger charge is 2.29. The second-order valence-corrected chi connectivity index (χ2v) is 5.83. The highest BCUT2D eigenvalue weighted by Crippen LogP contribution is 2.24. The Hall–Kier alpha value is -1.88. The van der Waals surface area contributed by atoms with E-state index >= 15 is 0 Å². The van der Waals surface area contributed by atoms with Crippen molar-refractivity contribution >= 4 is 22.9 Å². The summed E-state index contributed by atoms with van der Waals surface area (Å²) in [5.74, 6) is -0.0209. The number of rotatable bonds is 4. The second kappa shape index (κ2) is 5.40. The summed E-state index contributed by atoms with van der Waals surface area (Å²) < 4.78 is 0. The Morgan fingerprint density at radius 3 is 2.63 bits per heavy atom. The Bertz CT molecular complexity index is 547. The summed E-state index contributed by atoms with van der Waals surface area (Å²) in [6.45, 7) is 4.26. The van der Waals surface area contributed by atoms with Crippen LogP contribution < -0.4 is 11.1 Å². The van der Waals surface area contributed by atoms with Gasteiger partial charge in [0.05, 0.1) is 12.0 Å². The molecule has 0 bridgehead atoms. The Kier molecular flexibility index (Phi) is 3.85. The lowest BCUT2D eigenvalue weighted by atomic mass is 9.83. The molecule has 0 aliphatic carbocycles. The summed E-state index contributed by atoms with van der Waals surface area (Å²) in [7, 11) is 0. The van der Waals surface area contributed by atoms with Crippen LogP contribution in [-0.4, -0.2) is 10.9 Å². The number of carbonyl (C=O) groups is 1. The van der Waals surface area contributed by atoms with Gasteiger partial charge in [-0.3, -0.25) is 4.79 Å². The molecule has 2 rings (SSSR count). The van der Waals surface area contributed by atoms with E-state index < -0.39 is 5.41 Å². The number of benzene rings is 1. The maximum Gasteiger partial charge on any atom is 0.230 e. The minimum atomic E-state index is -0.592. The van der Waals surface area contributed by atoms with Gasteiger partial charge in [0.2, 0.25) is 5.91 Å². The highest BCUT2D eigenvalue weighted by molar-refractivity contribution is 7.09. The summed E-state index contributed by atoms with van der Waals surface area (Å²) in [6.07, 6.45) is 1.73. The predicted octanol–water partition coefficient (Wildman–Crippen LogP) is 2.32. The van der Waals surface area contributed by atoms with Crippen LogP contribution >= 0.6 is 11.3 Å². The molecule has 0 saturated heterocycles. The van der Waals surface area contributed by atoms with E-state index in [9.17, 15) is 4.79 Å². The van der Waals surface area contributed by atoms with Crippen molar-refractivity contribution in [3.8, 4) is 0 Å². The summed E-state index contributed by atoms with van der Waals surface area (Å²) in [5, 5.41) is 5.72. The molecule has 1 aromatic carbocycles. The number of aromatic nitrogens is 1. The third kappa shape index (κ3) is 3.12. The summed E-state index contributed by atoms with van der Waals surface area (Å²) in [6, 6.07) is 7.40. The van der Waals surface area contributed by atoms with Gasteiger partial charge in [0.1, 0.15) is 5.01 Å². The number of anilines is 1. The molecule has 1 heterocycles. The first-order valence-corrected chi connectivity index (χ1v) is 6.91. The van der Waals surface area contributed by atoms with Gasteiger partial charge in [0, 0.05) is 17.3 Å². The number of carbonyl (C=O) groups excluding carboxylic acids is 1. The van der Waals surface area contributed by atoms with Crippen LogP contribution in [0.15, 0.2) is 35.8 Å². The van der Waals surface area contributed by atoms with E-state index in [2.05, 4.69) is 10.3 Å². The van der Waals surface area contributed by atoms with Gasteiger partial charge in [0.25, 0.3) is 0 Å². The van der Waals surface area contributed by atoms with Crippen molar-refractivity contribution in [1.82, 2.24) is 10.3 Å². The van der Waals surface area contributed by atoms with Gasteiger partial charge in [-0.15, -0.1) is 11.3 Å². The molecule has 5 heteroatoms. The van der Waals surface area contributed by atoms with Gasteiger partial charge in [-0.05, 0) is 31.5 Å². The predicted molar refractivity (Wildman–Crippen MR) is 77.8 cm³/mol. The van der Waals surface area contributed by atoms with E-state index in [0.29, 0.717) is 12.2 Å². The Morgan fingerprint density at radius 1 is 1.37 bits per heavy atom. The fourth-order valence-electron chi connectivity index (χ4n) is 1.75. The molecule has 0 radical (unpaired) electrons. The van der Waals surface area contributed by atoms with Crippen molar-refractivity contribution in [3.63, 3.8) is 0 Å². The van der Waals surface area contributed by atoms with Crippen molar-refractivity contribution in [3.05, 3.63) is 46.4 Å². The topological polar surface area (TPSA) is 68.0 Å². The molecule has 1 amide bonds. The molecule has 3 N–H and O–H groups in total. The number of nitrogens with one attached hydrogen (secondary N) is 1. The molecule has 0 aliphatic rings. The lowest BCUT2D eigenvalue weighted by Crippen LogP contribution is -2.39. The number of nitrogens with two attached hydrogens (primary N) is 1. The van der Waals surface area contributed by atoms with Crippen molar-refractivity contribution in [2.45, 2.75) is 25.8 Å². The fourth-order valence-corrected chi connectivity index (χ4v) is 2.30. The molecule has 2 aromatic rings. The van der Waals surface area contributed by atoms with E-state index in [-0.39, 0.29) is 5.91 Å². The fraction of sp³-hybridized carbons (Fsp3) is 0.286. The molecule has 4 nitrogen and oxygen atoms in total. The molecule has 0 saturated carbocycles. The molecular formula is C14H17N3OS. The largest absolute Gasteiger partial charge is 0.399 e. The van der Waals surface area contributed by atoms with E-state index in [1.807, 2.05) is 43.5 Å². The van der Waals surface area contributed by atoms with Crippen molar-refractivity contribution in [1.29, 1.82) is 0 Å². The van der Waals surface area contributed by atoms with Crippen LogP contribution in [0.5, 0.6) is 0 Å². The standard InChI is InChI=1S/C14H17N3OS/c1-14(2,10-3-5-11(15)6-4-10)13(18)17-9-12-16-7-8-19-12/h3-8H,9,15H2,1-2H3,(H,17,18). The summed E-state index contributed by atoms with van der Waals surface area (Å²) in [4.78, 5) is 16.4. The van der Waals surface area contributed by atoms with Crippen LogP contribution in [0.3, 0.4) is 0 Å². The third-order valence-corrected chi connectivity index (χ3v) is 3.86. The maximum absolute atomic E-state index is 12.3. The van der Waals surface area contributed by atoms with E-state index in [1.54, 1.807) is 6.20 Å². The van der Waals surface area contributed by atoms with Crippen molar-refractivity contribution in [2.75, 3.05) is 5.73 Å². The van der Waals surface area contributed by atoms with Gasteiger partial charge < -0.3 is 11.1 Å². The lowest BCUT2D eigenvalue weighted by molar-refractivity contribution is -0.125. The average molecular weight is 275 g/mol. The smallest absolute Gasteiger partial charge is 0.230 e. The Morgan fingerprint density at radius 2 is 2.05 bits per heavy atom. The van der Waals surface area contributed by atoms with Gasteiger partial charge in [0.15, 0.2) is 0 Å². The van der Waals surface area contributed by atoms with Gasteiger partial charge >= 0.3 is 0 Å². The van der Waals surface area contributed by atoms with Crippen LogP contribution in [0.25, 0.3) is 0 Å².